The van der Waals surface area contributed by atoms with Crippen molar-refractivity contribution in [3.05, 3.63) is 52.6 Å². The lowest BCUT2D eigenvalue weighted by Gasteiger charge is -2.13. The second-order valence-corrected chi connectivity index (χ2v) is 6.06. The van der Waals surface area contributed by atoms with E-state index >= 15 is 0 Å². The number of carbonyl (C=O) groups excluding carboxylic acids is 2. The lowest BCUT2D eigenvalue weighted by atomic mass is 9.89. The van der Waals surface area contributed by atoms with Gasteiger partial charge in [0.1, 0.15) is 0 Å². The van der Waals surface area contributed by atoms with Crippen molar-refractivity contribution in [2.24, 2.45) is 0 Å². The van der Waals surface area contributed by atoms with Crippen molar-refractivity contribution in [2.45, 2.75) is 46.7 Å². The zero-order valence-electron chi connectivity index (χ0n) is 13.5. The van der Waals surface area contributed by atoms with Crippen LogP contribution >= 0.6 is 0 Å². The number of benzene rings is 1. The van der Waals surface area contributed by atoms with Gasteiger partial charge in [-0.2, -0.15) is 0 Å². The predicted octanol–water partition coefficient (Wildman–Crippen LogP) is 2.85. The number of aromatic nitrogens is 2. The van der Waals surface area contributed by atoms with Gasteiger partial charge in [0.15, 0.2) is 0 Å². The molecule has 4 heteroatoms. The van der Waals surface area contributed by atoms with Crippen LogP contribution in [0, 0.1) is 6.92 Å². The summed E-state index contributed by atoms with van der Waals surface area (Å²) >= 11 is 0. The van der Waals surface area contributed by atoms with E-state index in [1.54, 1.807) is 12.1 Å². The van der Waals surface area contributed by atoms with E-state index in [0.29, 0.717) is 22.5 Å². The first-order chi connectivity index (χ1) is 10.5. The Labute approximate surface area is 130 Å². The van der Waals surface area contributed by atoms with E-state index < -0.39 is 0 Å². The summed E-state index contributed by atoms with van der Waals surface area (Å²) in [7, 11) is 0. The molecule has 114 valence electrons. The molecule has 0 amide bonds. The molecule has 0 saturated heterocycles. The molecular weight excluding hydrogens is 276 g/mol. The molecule has 0 N–H and O–H groups in total. The van der Waals surface area contributed by atoms with Crippen molar-refractivity contribution < 1.29 is 14.2 Å². The average molecular weight is 297 g/mol. The molecule has 1 aliphatic rings. The number of nitrogens with zero attached hydrogens (tertiary/aromatic N) is 2. The Morgan fingerprint density at radius 2 is 1.68 bits per heavy atom. The molecule has 0 unspecified atom stereocenters. The van der Waals surface area contributed by atoms with E-state index in [9.17, 15) is 9.59 Å². The van der Waals surface area contributed by atoms with Gasteiger partial charge in [-0.3, -0.25) is 9.59 Å². The fraction of sp³-hybridized carbons (Fsp3) is 0.389. The number of hydrogen-bond donors (Lipinski definition) is 0. The van der Waals surface area contributed by atoms with Crippen LogP contribution in [0.25, 0.3) is 0 Å². The van der Waals surface area contributed by atoms with Crippen LogP contribution in [-0.4, -0.2) is 16.1 Å². The Kier molecular flexibility index (Phi) is 3.47. The van der Waals surface area contributed by atoms with Crippen LogP contribution in [0.1, 0.15) is 71.2 Å². The van der Waals surface area contributed by atoms with Crippen LogP contribution in [0.2, 0.25) is 0 Å². The van der Waals surface area contributed by atoms with Gasteiger partial charge < -0.3 is 0 Å². The molecule has 2 aromatic rings. The molecule has 4 nitrogen and oxygen atoms in total. The molecule has 0 radical (unpaired) electrons. The van der Waals surface area contributed by atoms with Crippen LogP contribution in [0.3, 0.4) is 0 Å². The largest absolute Gasteiger partial charge is 0.284 e. The van der Waals surface area contributed by atoms with Gasteiger partial charge in [0.2, 0.25) is 23.0 Å². The van der Waals surface area contributed by atoms with Gasteiger partial charge in [0, 0.05) is 18.1 Å². The molecule has 1 heterocycles. The number of ketones is 2. The number of fused-ring (bicyclic) bond motifs is 2. The predicted molar refractivity (Wildman–Crippen MR) is 83.3 cm³/mol. The highest BCUT2D eigenvalue weighted by Crippen LogP contribution is 2.28. The summed E-state index contributed by atoms with van der Waals surface area (Å²) < 4.78 is 4.01. The van der Waals surface area contributed by atoms with Crippen LogP contribution in [-0.2, 0) is 6.54 Å². The molecule has 0 saturated carbocycles. The Morgan fingerprint density at radius 1 is 1.09 bits per heavy atom. The molecule has 22 heavy (non-hydrogen) atoms. The molecule has 1 aliphatic carbocycles. The molecule has 0 spiro atoms. The maximum absolute atomic E-state index is 13.0. The van der Waals surface area contributed by atoms with E-state index in [0.717, 1.165) is 18.8 Å². The van der Waals surface area contributed by atoms with Crippen molar-refractivity contribution in [1.29, 1.82) is 0 Å². The maximum Gasteiger partial charge on any atom is 0.254 e. The van der Waals surface area contributed by atoms with Crippen LogP contribution in [0.15, 0.2) is 24.3 Å². The molecular formula is C18H21N2O2+. The summed E-state index contributed by atoms with van der Waals surface area (Å²) in [6.45, 7) is 8.90. The SMILES string of the molecule is CCC[n+]1c2c(n(C(C)C)c1C)C(=O)c1ccccc1C2=O. The monoisotopic (exact) mass is 297 g/mol. The van der Waals surface area contributed by atoms with Gasteiger partial charge in [-0.15, -0.1) is 0 Å². The van der Waals surface area contributed by atoms with Crippen LogP contribution < -0.4 is 4.57 Å². The van der Waals surface area contributed by atoms with Gasteiger partial charge in [-0.1, -0.05) is 31.2 Å². The topological polar surface area (TPSA) is 43.0 Å². The Bertz CT molecular complexity index is 785. The van der Waals surface area contributed by atoms with Gasteiger partial charge in [0.05, 0.1) is 12.6 Å². The fourth-order valence-electron chi connectivity index (χ4n) is 3.41. The van der Waals surface area contributed by atoms with Crippen molar-refractivity contribution >= 4 is 11.6 Å². The molecule has 0 fully saturated rings. The van der Waals surface area contributed by atoms with Crippen LogP contribution in [0.4, 0.5) is 0 Å². The molecule has 1 aromatic heterocycles. The lowest BCUT2D eigenvalue weighted by Crippen LogP contribution is -2.43. The van der Waals surface area contributed by atoms with Crippen molar-refractivity contribution in [1.82, 2.24) is 4.57 Å². The first-order valence-electron chi connectivity index (χ1n) is 7.82. The second kappa shape index (κ2) is 5.20. The molecule has 0 aliphatic heterocycles. The van der Waals surface area contributed by atoms with Gasteiger partial charge in [-0.25, -0.2) is 9.13 Å². The van der Waals surface area contributed by atoms with Crippen molar-refractivity contribution in [2.75, 3.05) is 0 Å². The minimum absolute atomic E-state index is 0.0406. The van der Waals surface area contributed by atoms with Gasteiger partial charge in [0.25, 0.3) is 5.82 Å². The summed E-state index contributed by atoms with van der Waals surface area (Å²) in [5.74, 6) is 0.884. The molecule has 3 rings (SSSR count). The zero-order chi connectivity index (χ0) is 16.0. The second-order valence-electron chi connectivity index (χ2n) is 6.06. The Balaban J connectivity index is 2.36. The van der Waals surface area contributed by atoms with Gasteiger partial charge >= 0.3 is 0 Å². The number of rotatable bonds is 3. The van der Waals surface area contributed by atoms with Crippen molar-refractivity contribution in [3.63, 3.8) is 0 Å². The number of imidazole rings is 1. The molecule has 1 aromatic carbocycles. The first kappa shape index (κ1) is 14.7. The Morgan fingerprint density at radius 3 is 2.23 bits per heavy atom. The third-order valence-electron chi connectivity index (χ3n) is 4.28. The highest BCUT2D eigenvalue weighted by atomic mass is 16.1. The van der Waals surface area contributed by atoms with E-state index in [-0.39, 0.29) is 17.6 Å². The summed E-state index contributed by atoms with van der Waals surface area (Å²) in [6, 6.07) is 7.25. The standard InChI is InChI=1S/C18H21N2O2/c1-5-10-19-12(4)20(11(2)3)16-15(19)17(21)13-8-6-7-9-14(13)18(16)22/h6-9,11H,5,10H2,1-4H3/q+1. The Hall–Kier alpha value is -2.23. The van der Waals surface area contributed by atoms with E-state index in [1.807, 2.05) is 42.0 Å². The molecule has 0 bridgehead atoms. The highest BCUT2D eigenvalue weighted by molar-refractivity contribution is 6.26. The van der Waals surface area contributed by atoms with Crippen molar-refractivity contribution in [3.8, 4) is 0 Å². The lowest BCUT2D eigenvalue weighted by molar-refractivity contribution is -0.704. The zero-order valence-corrected chi connectivity index (χ0v) is 13.5. The summed E-state index contributed by atoms with van der Waals surface area (Å²) in [5, 5.41) is 0. The maximum atomic E-state index is 13.0. The first-order valence-corrected chi connectivity index (χ1v) is 7.82. The smallest absolute Gasteiger partial charge is 0.254 e. The summed E-state index contributed by atoms with van der Waals surface area (Å²) in [5.41, 5.74) is 2.13. The minimum atomic E-state index is -0.0446. The highest BCUT2D eigenvalue weighted by Gasteiger charge is 2.43. The summed E-state index contributed by atoms with van der Waals surface area (Å²) in [6.07, 6.45) is 0.920. The normalized spacial score (nSPS) is 13.5. The summed E-state index contributed by atoms with van der Waals surface area (Å²) in [4.78, 5) is 25.9. The van der Waals surface area contributed by atoms with Crippen LogP contribution in [0.5, 0.6) is 0 Å². The quantitative estimate of drug-likeness (QED) is 0.698. The molecule has 0 atom stereocenters. The third kappa shape index (κ3) is 1.86. The number of hydrogen-bond acceptors (Lipinski definition) is 2. The van der Waals surface area contributed by atoms with E-state index in [2.05, 4.69) is 6.92 Å². The van der Waals surface area contributed by atoms with Gasteiger partial charge in [-0.05, 0) is 20.3 Å². The third-order valence-corrected chi connectivity index (χ3v) is 4.28. The average Bonchev–Trinajstić information content (AvgIpc) is 2.79. The number of carbonyl (C=O) groups is 2. The van der Waals surface area contributed by atoms with E-state index in [1.165, 1.54) is 0 Å². The minimum Gasteiger partial charge on any atom is -0.284 e. The fourth-order valence-corrected chi connectivity index (χ4v) is 3.41. The van der Waals surface area contributed by atoms with E-state index in [4.69, 9.17) is 0 Å².